The van der Waals surface area contributed by atoms with Gasteiger partial charge >= 0.3 is 0 Å². The predicted molar refractivity (Wildman–Crippen MR) is 84.0 cm³/mol. The third kappa shape index (κ3) is 1.99. The molecular weight excluding hydrogens is 294 g/mol. The van der Waals surface area contributed by atoms with Crippen LogP contribution in [0.15, 0.2) is 34.4 Å². The van der Waals surface area contributed by atoms with E-state index in [1.807, 2.05) is 12.3 Å². The molecular formula is C14H12ClN3OS. The molecule has 0 radical (unpaired) electrons. The molecule has 20 heavy (non-hydrogen) atoms. The first-order valence-corrected chi connectivity index (χ1v) is 7.42. The minimum Gasteiger partial charge on any atom is -0.390 e. The monoisotopic (exact) mass is 305 g/mol. The van der Waals surface area contributed by atoms with Gasteiger partial charge in [-0.2, -0.15) is 9.78 Å². The lowest BCUT2D eigenvalue weighted by Gasteiger charge is -2.08. The van der Waals surface area contributed by atoms with Gasteiger partial charge in [-0.1, -0.05) is 18.5 Å². The van der Waals surface area contributed by atoms with Crippen molar-refractivity contribution in [3.8, 4) is 5.69 Å². The number of nitrogens with two attached hydrogens (primary N) is 1. The Morgan fingerprint density at radius 2 is 2.05 bits per heavy atom. The molecule has 0 amide bonds. The fraction of sp³-hybridized carbons (Fsp3) is 0.143. The van der Waals surface area contributed by atoms with Crippen molar-refractivity contribution in [2.45, 2.75) is 13.3 Å². The van der Waals surface area contributed by atoms with Crippen molar-refractivity contribution >= 4 is 38.7 Å². The number of benzene rings is 1. The summed E-state index contributed by atoms with van der Waals surface area (Å²) in [5, 5.41) is 8.89. The van der Waals surface area contributed by atoms with E-state index in [0.717, 1.165) is 17.5 Å². The standard InChI is InChI=1S/C14H12ClN3OS/c1-2-11-10-7-20-13(16)12(10)14(19)18(17-11)9-5-3-8(15)4-6-9/h3-7H,2,16H2,1H3. The molecule has 2 aromatic heterocycles. The Labute approximate surface area is 124 Å². The maximum Gasteiger partial charge on any atom is 0.282 e. The van der Waals surface area contributed by atoms with Crippen molar-refractivity contribution in [2.24, 2.45) is 0 Å². The minimum absolute atomic E-state index is 0.196. The van der Waals surface area contributed by atoms with E-state index in [-0.39, 0.29) is 5.56 Å². The molecule has 0 fully saturated rings. The average molecular weight is 306 g/mol. The number of hydrogen-bond acceptors (Lipinski definition) is 4. The largest absolute Gasteiger partial charge is 0.390 e. The van der Waals surface area contributed by atoms with Gasteiger partial charge in [-0.3, -0.25) is 4.79 Å². The molecule has 0 aliphatic rings. The number of rotatable bonds is 2. The molecule has 1 aromatic carbocycles. The molecule has 2 N–H and O–H groups in total. The molecule has 0 unspecified atom stereocenters. The highest BCUT2D eigenvalue weighted by molar-refractivity contribution is 7.15. The van der Waals surface area contributed by atoms with Gasteiger partial charge in [0.15, 0.2) is 0 Å². The van der Waals surface area contributed by atoms with Crippen molar-refractivity contribution in [2.75, 3.05) is 5.73 Å². The summed E-state index contributed by atoms with van der Waals surface area (Å²) in [7, 11) is 0. The predicted octanol–water partition coefficient (Wildman–Crippen LogP) is 3.25. The number of thiophene rings is 1. The van der Waals surface area contributed by atoms with Crippen molar-refractivity contribution in [1.82, 2.24) is 9.78 Å². The number of anilines is 1. The lowest BCUT2D eigenvalue weighted by Crippen LogP contribution is -2.22. The summed E-state index contributed by atoms with van der Waals surface area (Å²) < 4.78 is 1.39. The van der Waals surface area contributed by atoms with Gasteiger partial charge in [0.2, 0.25) is 0 Å². The maximum atomic E-state index is 12.6. The Bertz CT molecular complexity index is 836. The Balaban J connectivity index is 2.36. The molecule has 3 aromatic rings. The summed E-state index contributed by atoms with van der Waals surface area (Å²) >= 11 is 7.25. The number of halogens is 1. The van der Waals surface area contributed by atoms with Crippen molar-refractivity contribution < 1.29 is 0 Å². The second-order valence-corrected chi connectivity index (χ2v) is 5.73. The fourth-order valence-corrected chi connectivity index (χ4v) is 3.09. The molecule has 0 saturated heterocycles. The van der Waals surface area contributed by atoms with E-state index < -0.39 is 0 Å². The SMILES string of the molecule is CCc1nn(-c2ccc(Cl)cc2)c(=O)c2c(N)scc12. The van der Waals surface area contributed by atoms with E-state index >= 15 is 0 Å². The molecule has 6 heteroatoms. The molecule has 0 bridgehead atoms. The van der Waals surface area contributed by atoms with Crippen LogP contribution in [0.3, 0.4) is 0 Å². The van der Waals surface area contributed by atoms with Crippen LogP contribution in [0, 0.1) is 0 Å². The highest BCUT2D eigenvalue weighted by Gasteiger charge is 2.14. The van der Waals surface area contributed by atoms with Crippen LogP contribution in [0.1, 0.15) is 12.6 Å². The number of nitrogen functional groups attached to an aromatic ring is 1. The second-order valence-electron chi connectivity index (χ2n) is 4.38. The molecule has 0 spiro atoms. The van der Waals surface area contributed by atoms with Gasteiger partial charge in [0.25, 0.3) is 5.56 Å². The van der Waals surface area contributed by atoms with Crippen LogP contribution in [0.2, 0.25) is 5.02 Å². The van der Waals surface area contributed by atoms with Gasteiger partial charge in [-0.15, -0.1) is 11.3 Å². The Kier molecular flexibility index (Phi) is 3.23. The van der Waals surface area contributed by atoms with Crippen LogP contribution in [0.25, 0.3) is 16.5 Å². The Morgan fingerprint density at radius 3 is 2.70 bits per heavy atom. The topological polar surface area (TPSA) is 60.9 Å². The Morgan fingerprint density at radius 1 is 1.35 bits per heavy atom. The van der Waals surface area contributed by atoms with E-state index in [2.05, 4.69) is 5.10 Å². The maximum absolute atomic E-state index is 12.6. The molecule has 3 rings (SSSR count). The highest BCUT2D eigenvalue weighted by Crippen LogP contribution is 2.27. The normalized spacial score (nSPS) is 11.1. The van der Waals surface area contributed by atoms with Crippen LogP contribution < -0.4 is 11.3 Å². The molecule has 0 atom stereocenters. The van der Waals surface area contributed by atoms with Crippen LogP contribution in [-0.4, -0.2) is 9.78 Å². The third-order valence-electron chi connectivity index (χ3n) is 3.16. The number of fused-ring (bicyclic) bond motifs is 1. The fourth-order valence-electron chi connectivity index (χ4n) is 2.15. The van der Waals surface area contributed by atoms with Crippen LogP contribution in [0.5, 0.6) is 0 Å². The summed E-state index contributed by atoms with van der Waals surface area (Å²) in [6.07, 6.45) is 0.737. The van der Waals surface area contributed by atoms with Crippen molar-refractivity contribution in [3.05, 3.63) is 50.7 Å². The molecule has 0 aliphatic carbocycles. The summed E-state index contributed by atoms with van der Waals surface area (Å²) in [6.45, 7) is 2.01. The van der Waals surface area contributed by atoms with Gasteiger partial charge in [0, 0.05) is 15.8 Å². The van der Waals surface area contributed by atoms with Gasteiger partial charge < -0.3 is 5.73 Å². The number of hydrogen-bond donors (Lipinski definition) is 1. The number of aryl methyl sites for hydroxylation is 1. The van der Waals surface area contributed by atoms with Gasteiger partial charge in [-0.25, -0.2) is 0 Å². The van der Waals surface area contributed by atoms with Crippen LogP contribution in [-0.2, 0) is 6.42 Å². The van der Waals surface area contributed by atoms with E-state index in [9.17, 15) is 4.79 Å². The van der Waals surface area contributed by atoms with Crippen molar-refractivity contribution in [1.29, 1.82) is 0 Å². The zero-order valence-corrected chi connectivity index (χ0v) is 12.3. The number of aromatic nitrogens is 2. The molecule has 0 aliphatic heterocycles. The smallest absolute Gasteiger partial charge is 0.282 e. The lowest BCUT2D eigenvalue weighted by atomic mass is 10.2. The van der Waals surface area contributed by atoms with Gasteiger partial charge in [-0.05, 0) is 30.7 Å². The summed E-state index contributed by atoms with van der Waals surface area (Å²) in [5.41, 5.74) is 7.28. The zero-order chi connectivity index (χ0) is 14.3. The average Bonchev–Trinajstić information content (AvgIpc) is 2.83. The van der Waals surface area contributed by atoms with E-state index in [4.69, 9.17) is 17.3 Å². The number of nitrogens with zero attached hydrogens (tertiary/aromatic N) is 2. The molecule has 102 valence electrons. The second kappa shape index (κ2) is 4.92. The molecule has 0 saturated carbocycles. The minimum atomic E-state index is -0.196. The van der Waals surface area contributed by atoms with Crippen molar-refractivity contribution in [3.63, 3.8) is 0 Å². The first-order chi connectivity index (χ1) is 9.61. The summed E-state index contributed by atoms with van der Waals surface area (Å²) in [6, 6.07) is 7.00. The Hall–Kier alpha value is -1.85. The zero-order valence-electron chi connectivity index (χ0n) is 10.8. The first kappa shape index (κ1) is 13.1. The van der Waals surface area contributed by atoms with E-state index in [0.29, 0.717) is 21.1 Å². The highest BCUT2D eigenvalue weighted by atomic mass is 35.5. The third-order valence-corrected chi connectivity index (χ3v) is 4.23. The lowest BCUT2D eigenvalue weighted by molar-refractivity contribution is 0.783. The summed E-state index contributed by atoms with van der Waals surface area (Å²) in [4.78, 5) is 12.6. The first-order valence-electron chi connectivity index (χ1n) is 6.16. The van der Waals surface area contributed by atoms with Gasteiger partial charge in [0.1, 0.15) is 0 Å². The van der Waals surface area contributed by atoms with Crippen LogP contribution >= 0.6 is 22.9 Å². The van der Waals surface area contributed by atoms with E-state index in [1.54, 1.807) is 24.3 Å². The quantitative estimate of drug-likeness (QED) is 0.790. The summed E-state index contributed by atoms with van der Waals surface area (Å²) in [5.74, 6) is 0. The van der Waals surface area contributed by atoms with Gasteiger partial charge in [0.05, 0.1) is 21.8 Å². The molecule has 4 nitrogen and oxygen atoms in total. The van der Waals surface area contributed by atoms with E-state index in [1.165, 1.54) is 16.0 Å². The molecule has 2 heterocycles. The van der Waals surface area contributed by atoms with Crippen LogP contribution in [0.4, 0.5) is 5.00 Å².